The molecule has 1 unspecified atom stereocenters. The van der Waals surface area contributed by atoms with Crippen molar-refractivity contribution in [3.8, 4) is 5.75 Å². The van der Waals surface area contributed by atoms with E-state index in [-0.39, 0.29) is 0 Å². The molecule has 0 aliphatic carbocycles. The number of ether oxygens (including phenoxy) is 1. The molecule has 1 atom stereocenters. The second kappa shape index (κ2) is 3.24. The van der Waals surface area contributed by atoms with Crippen LogP contribution in [0.1, 0.15) is 11.1 Å². The number of fused-ring (bicyclic) bond motifs is 1. The summed E-state index contributed by atoms with van der Waals surface area (Å²) in [6.45, 7) is 2.11. The molecule has 1 aliphatic heterocycles. The van der Waals surface area contributed by atoms with Crippen LogP contribution in [-0.4, -0.2) is 10.5 Å². The van der Waals surface area contributed by atoms with E-state index in [0.717, 1.165) is 16.6 Å². The average molecular weight is 274 g/mol. The monoisotopic (exact) mass is 274 g/mol. The molecule has 2 heteroatoms. The highest BCUT2D eigenvalue weighted by molar-refractivity contribution is 14.1. The first kappa shape index (κ1) is 8.35. The zero-order valence-corrected chi connectivity index (χ0v) is 9.17. The molecule has 2 rings (SSSR count). The van der Waals surface area contributed by atoms with Crippen molar-refractivity contribution in [1.29, 1.82) is 0 Å². The molecule has 1 nitrogen and oxygen atoms in total. The maximum absolute atomic E-state index is 5.78. The number of rotatable bonds is 1. The second-order valence-electron chi connectivity index (χ2n) is 3.16. The summed E-state index contributed by atoms with van der Waals surface area (Å²) in [4.78, 5) is 0. The zero-order valence-electron chi connectivity index (χ0n) is 7.01. The Morgan fingerprint density at radius 3 is 3.08 bits per heavy atom. The number of halogens is 1. The normalized spacial score (nSPS) is 20.3. The third-order valence-corrected chi connectivity index (χ3v) is 3.18. The van der Waals surface area contributed by atoms with Crippen LogP contribution in [0.3, 0.4) is 0 Å². The fourth-order valence-electron chi connectivity index (χ4n) is 1.58. The van der Waals surface area contributed by atoms with Gasteiger partial charge in [-0.25, -0.2) is 0 Å². The maximum atomic E-state index is 5.78. The van der Waals surface area contributed by atoms with Gasteiger partial charge in [0.2, 0.25) is 0 Å². The molecule has 0 N–H and O–H groups in total. The molecule has 0 radical (unpaired) electrons. The lowest BCUT2D eigenvalue weighted by molar-refractivity contribution is 0.261. The first-order valence-electron chi connectivity index (χ1n) is 4.12. The van der Waals surface area contributed by atoms with E-state index in [0.29, 0.717) is 6.10 Å². The number of aryl methyl sites for hydroxylation is 1. The summed E-state index contributed by atoms with van der Waals surface area (Å²) in [6, 6.07) is 6.37. The Hall–Kier alpha value is -0.250. The van der Waals surface area contributed by atoms with Crippen LogP contribution < -0.4 is 4.74 Å². The largest absolute Gasteiger partial charge is 0.489 e. The molecule has 0 aromatic heterocycles. The Kier molecular flexibility index (Phi) is 2.26. The van der Waals surface area contributed by atoms with Crippen molar-refractivity contribution in [3.05, 3.63) is 29.3 Å². The minimum atomic E-state index is 0.404. The molecule has 0 amide bonds. The lowest BCUT2D eigenvalue weighted by Gasteiger charge is -2.06. The summed E-state index contributed by atoms with van der Waals surface area (Å²) in [5.74, 6) is 1.12. The van der Waals surface area contributed by atoms with Gasteiger partial charge in [0.15, 0.2) is 0 Å². The summed E-state index contributed by atoms with van der Waals surface area (Å²) in [5.41, 5.74) is 2.64. The van der Waals surface area contributed by atoms with Crippen molar-refractivity contribution >= 4 is 22.6 Å². The van der Waals surface area contributed by atoms with Crippen LogP contribution in [-0.2, 0) is 6.42 Å². The first-order chi connectivity index (χ1) is 5.81. The van der Waals surface area contributed by atoms with E-state index >= 15 is 0 Å². The third-order valence-electron chi connectivity index (χ3n) is 2.20. The lowest BCUT2D eigenvalue weighted by atomic mass is 10.1. The van der Waals surface area contributed by atoms with Crippen molar-refractivity contribution in [1.82, 2.24) is 0 Å². The highest BCUT2D eigenvalue weighted by atomic mass is 127. The predicted octanol–water partition coefficient (Wildman–Crippen LogP) is 2.73. The summed E-state index contributed by atoms with van der Waals surface area (Å²) >= 11 is 2.37. The quantitative estimate of drug-likeness (QED) is 0.565. The van der Waals surface area contributed by atoms with Crippen molar-refractivity contribution in [2.24, 2.45) is 0 Å². The van der Waals surface area contributed by atoms with Gasteiger partial charge in [-0.15, -0.1) is 0 Å². The molecular weight excluding hydrogens is 263 g/mol. The van der Waals surface area contributed by atoms with Gasteiger partial charge in [-0.05, 0) is 18.1 Å². The van der Waals surface area contributed by atoms with Crippen LogP contribution in [0.2, 0.25) is 0 Å². The number of hydrogen-bond donors (Lipinski definition) is 0. The molecule has 1 aromatic rings. The summed E-state index contributed by atoms with van der Waals surface area (Å²) in [7, 11) is 0. The average Bonchev–Trinajstić information content (AvgIpc) is 2.49. The zero-order chi connectivity index (χ0) is 8.55. The number of para-hydroxylation sites is 1. The Bertz CT molecular complexity index is 296. The summed E-state index contributed by atoms with van der Waals surface area (Å²) < 4.78 is 6.85. The SMILES string of the molecule is Cc1cccc2c1OC(CI)C2. The van der Waals surface area contributed by atoms with Gasteiger partial charge in [-0.1, -0.05) is 40.8 Å². The van der Waals surface area contributed by atoms with Crippen molar-refractivity contribution in [3.63, 3.8) is 0 Å². The van der Waals surface area contributed by atoms with Crippen molar-refractivity contribution < 1.29 is 4.74 Å². The van der Waals surface area contributed by atoms with Gasteiger partial charge in [0.05, 0.1) is 0 Å². The van der Waals surface area contributed by atoms with Gasteiger partial charge in [0.1, 0.15) is 11.9 Å². The molecule has 0 saturated heterocycles. The standard InChI is InChI=1S/C10H11IO/c1-7-3-2-4-8-5-9(6-11)12-10(7)8/h2-4,9H,5-6H2,1H3. The summed E-state index contributed by atoms with van der Waals surface area (Å²) in [5, 5.41) is 0. The van der Waals surface area contributed by atoms with Crippen LogP contribution in [0.4, 0.5) is 0 Å². The van der Waals surface area contributed by atoms with Gasteiger partial charge >= 0.3 is 0 Å². The van der Waals surface area contributed by atoms with E-state index in [2.05, 4.69) is 47.7 Å². The number of alkyl halides is 1. The van der Waals surface area contributed by atoms with E-state index in [4.69, 9.17) is 4.74 Å². The van der Waals surface area contributed by atoms with Gasteiger partial charge in [0.25, 0.3) is 0 Å². The first-order valence-corrected chi connectivity index (χ1v) is 5.65. The lowest BCUT2D eigenvalue weighted by Crippen LogP contribution is -2.13. The molecule has 1 aromatic carbocycles. The topological polar surface area (TPSA) is 9.23 Å². The Morgan fingerprint density at radius 1 is 1.58 bits per heavy atom. The van der Waals surface area contributed by atoms with E-state index in [9.17, 15) is 0 Å². The highest BCUT2D eigenvalue weighted by Crippen LogP contribution is 2.32. The van der Waals surface area contributed by atoms with Crippen LogP contribution in [0.25, 0.3) is 0 Å². The van der Waals surface area contributed by atoms with Crippen LogP contribution in [0, 0.1) is 6.92 Å². The fraction of sp³-hybridized carbons (Fsp3) is 0.400. The van der Waals surface area contributed by atoms with Crippen molar-refractivity contribution in [2.75, 3.05) is 4.43 Å². The van der Waals surface area contributed by atoms with Gasteiger partial charge < -0.3 is 4.74 Å². The molecule has 0 spiro atoms. The molecule has 0 fully saturated rings. The maximum Gasteiger partial charge on any atom is 0.126 e. The number of hydrogen-bond acceptors (Lipinski definition) is 1. The molecule has 1 heterocycles. The molecule has 0 saturated carbocycles. The Labute approximate surface area is 86.3 Å². The van der Waals surface area contributed by atoms with Crippen LogP contribution >= 0.6 is 22.6 Å². The van der Waals surface area contributed by atoms with Crippen LogP contribution in [0.15, 0.2) is 18.2 Å². The Balaban J connectivity index is 2.35. The predicted molar refractivity (Wildman–Crippen MR) is 58.2 cm³/mol. The van der Waals surface area contributed by atoms with E-state index in [1.807, 2.05) is 0 Å². The van der Waals surface area contributed by atoms with E-state index in [1.54, 1.807) is 0 Å². The van der Waals surface area contributed by atoms with E-state index in [1.165, 1.54) is 11.1 Å². The van der Waals surface area contributed by atoms with Crippen molar-refractivity contribution in [2.45, 2.75) is 19.4 Å². The van der Waals surface area contributed by atoms with Crippen LogP contribution in [0.5, 0.6) is 5.75 Å². The molecule has 0 bridgehead atoms. The number of benzene rings is 1. The van der Waals surface area contributed by atoms with Gasteiger partial charge in [0, 0.05) is 10.8 Å². The molecule has 12 heavy (non-hydrogen) atoms. The highest BCUT2D eigenvalue weighted by Gasteiger charge is 2.22. The smallest absolute Gasteiger partial charge is 0.126 e. The van der Waals surface area contributed by atoms with Gasteiger partial charge in [-0.3, -0.25) is 0 Å². The fourth-order valence-corrected chi connectivity index (χ4v) is 2.07. The second-order valence-corrected chi connectivity index (χ2v) is 4.04. The van der Waals surface area contributed by atoms with E-state index < -0.39 is 0 Å². The molecule has 64 valence electrons. The Morgan fingerprint density at radius 2 is 2.42 bits per heavy atom. The molecule has 1 aliphatic rings. The third kappa shape index (κ3) is 1.32. The van der Waals surface area contributed by atoms with Gasteiger partial charge in [-0.2, -0.15) is 0 Å². The minimum Gasteiger partial charge on any atom is -0.489 e. The molecular formula is C10H11IO. The minimum absolute atomic E-state index is 0.404. The summed E-state index contributed by atoms with van der Waals surface area (Å²) in [6.07, 6.45) is 1.49.